The van der Waals surface area contributed by atoms with Crippen LogP contribution in [0.15, 0.2) is 24.3 Å². The minimum absolute atomic E-state index is 0.0237. The lowest BCUT2D eigenvalue weighted by Crippen LogP contribution is -2.53. The normalized spacial score (nSPS) is 23.2. The van der Waals surface area contributed by atoms with Gasteiger partial charge in [0.1, 0.15) is 6.23 Å². The molecule has 1 aromatic heterocycles. The minimum atomic E-state index is -0.322. The Kier molecular flexibility index (Phi) is 3.32. The molecular formula is C17H22N4O2. The van der Waals surface area contributed by atoms with Gasteiger partial charge in [-0.2, -0.15) is 0 Å². The van der Waals surface area contributed by atoms with Gasteiger partial charge in [0.15, 0.2) is 0 Å². The summed E-state index contributed by atoms with van der Waals surface area (Å²) in [6.07, 6.45) is 1.71. The van der Waals surface area contributed by atoms with E-state index < -0.39 is 0 Å². The lowest BCUT2D eigenvalue weighted by atomic mass is 9.69. The van der Waals surface area contributed by atoms with Crippen molar-refractivity contribution in [2.75, 3.05) is 26.7 Å². The zero-order valence-corrected chi connectivity index (χ0v) is 13.3. The number of methoxy groups -OCH3 is 1. The Labute approximate surface area is 135 Å². The number of rotatable bonds is 1. The predicted octanol–water partition coefficient (Wildman–Crippen LogP) is 1.83. The Morgan fingerprint density at radius 2 is 2.09 bits per heavy atom. The van der Waals surface area contributed by atoms with Gasteiger partial charge in [-0.15, -0.1) is 0 Å². The first-order valence-corrected chi connectivity index (χ1v) is 8.06. The van der Waals surface area contributed by atoms with Crippen molar-refractivity contribution in [1.82, 2.24) is 15.2 Å². The number of urea groups is 1. The highest BCUT2D eigenvalue weighted by Gasteiger charge is 2.44. The maximum absolute atomic E-state index is 11.4. The second kappa shape index (κ2) is 5.25. The number of fused-ring (bicyclic) bond motifs is 4. The fourth-order valence-electron chi connectivity index (χ4n) is 4.19. The Morgan fingerprint density at radius 3 is 2.78 bits per heavy atom. The van der Waals surface area contributed by atoms with Crippen molar-refractivity contribution in [3.8, 4) is 0 Å². The molecule has 0 bridgehead atoms. The van der Waals surface area contributed by atoms with Crippen LogP contribution in [0.1, 0.15) is 30.3 Å². The summed E-state index contributed by atoms with van der Waals surface area (Å²) in [5.74, 6) is 0. The van der Waals surface area contributed by atoms with Gasteiger partial charge in [-0.3, -0.25) is 5.32 Å². The number of benzene rings is 1. The summed E-state index contributed by atoms with van der Waals surface area (Å²) < 4.78 is 5.61. The van der Waals surface area contributed by atoms with E-state index in [9.17, 15) is 4.79 Å². The number of aromatic nitrogens is 1. The smallest absolute Gasteiger partial charge is 0.314 e. The molecule has 1 unspecified atom stereocenters. The average molecular weight is 314 g/mol. The van der Waals surface area contributed by atoms with Crippen LogP contribution in [-0.2, 0) is 10.2 Å². The standard InChI is InChI=1S/C17H22N4O2/c1-23-15-14-13(11-4-2-3-5-12(11)20-14)17(10-19-15)6-8-21(9-7-17)16(18)22/h2-5,15,19-20H,6-10H2,1H3,(H2,18,22). The molecule has 23 heavy (non-hydrogen) atoms. The molecule has 4 N–H and O–H groups in total. The molecule has 1 spiro atoms. The third-order valence-corrected chi connectivity index (χ3v) is 5.42. The third-order valence-electron chi connectivity index (χ3n) is 5.42. The molecule has 2 aliphatic heterocycles. The van der Waals surface area contributed by atoms with Crippen LogP contribution < -0.4 is 11.1 Å². The van der Waals surface area contributed by atoms with Gasteiger partial charge >= 0.3 is 6.03 Å². The Balaban J connectivity index is 1.81. The first-order chi connectivity index (χ1) is 11.1. The van der Waals surface area contributed by atoms with Crippen molar-refractivity contribution < 1.29 is 9.53 Å². The highest BCUT2D eigenvalue weighted by atomic mass is 16.5. The Hall–Kier alpha value is -2.05. The highest BCUT2D eigenvalue weighted by molar-refractivity contribution is 5.86. The first-order valence-electron chi connectivity index (χ1n) is 8.06. The lowest BCUT2D eigenvalue weighted by molar-refractivity contribution is 0.0443. The number of ether oxygens (including phenoxy) is 1. The molecule has 6 heteroatoms. The number of H-pyrrole nitrogens is 1. The van der Waals surface area contributed by atoms with Crippen molar-refractivity contribution in [3.05, 3.63) is 35.5 Å². The zero-order chi connectivity index (χ0) is 16.0. The van der Waals surface area contributed by atoms with Gasteiger partial charge in [0, 0.05) is 43.1 Å². The number of aromatic amines is 1. The van der Waals surface area contributed by atoms with Gasteiger partial charge < -0.3 is 20.4 Å². The van der Waals surface area contributed by atoms with Crippen molar-refractivity contribution in [3.63, 3.8) is 0 Å². The van der Waals surface area contributed by atoms with E-state index in [1.54, 1.807) is 12.0 Å². The topological polar surface area (TPSA) is 83.4 Å². The van der Waals surface area contributed by atoms with E-state index >= 15 is 0 Å². The number of para-hydroxylation sites is 1. The molecule has 1 aromatic carbocycles. The summed E-state index contributed by atoms with van der Waals surface area (Å²) in [4.78, 5) is 16.7. The number of carbonyl (C=O) groups is 1. The van der Waals surface area contributed by atoms with Crippen molar-refractivity contribution >= 4 is 16.9 Å². The molecule has 6 nitrogen and oxygen atoms in total. The molecule has 2 aromatic rings. The molecule has 2 amide bonds. The van der Waals surface area contributed by atoms with Gasteiger partial charge in [0.05, 0.1) is 5.69 Å². The van der Waals surface area contributed by atoms with Crippen molar-refractivity contribution in [1.29, 1.82) is 0 Å². The van der Waals surface area contributed by atoms with E-state index in [4.69, 9.17) is 10.5 Å². The maximum atomic E-state index is 11.4. The van der Waals surface area contributed by atoms with Gasteiger partial charge in [-0.1, -0.05) is 18.2 Å². The summed E-state index contributed by atoms with van der Waals surface area (Å²) in [5.41, 5.74) is 9.07. The number of nitrogens with one attached hydrogen (secondary N) is 2. The third kappa shape index (κ3) is 2.13. The number of nitrogens with two attached hydrogens (primary N) is 1. The number of hydrogen-bond donors (Lipinski definition) is 3. The first kappa shape index (κ1) is 14.5. The fraction of sp³-hybridized carbons (Fsp3) is 0.471. The van der Waals surface area contributed by atoms with Crippen molar-refractivity contribution in [2.24, 2.45) is 5.73 Å². The highest BCUT2D eigenvalue weighted by Crippen LogP contribution is 2.45. The molecule has 0 radical (unpaired) electrons. The predicted molar refractivity (Wildman–Crippen MR) is 88.1 cm³/mol. The maximum Gasteiger partial charge on any atom is 0.314 e. The lowest BCUT2D eigenvalue weighted by Gasteiger charge is -2.45. The Bertz CT molecular complexity index is 746. The minimum Gasteiger partial charge on any atom is -0.361 e. The van der Waals surface area contributed by atoms with Crippen LogP contribution >= 0.6 is 0 Å². The van der Waals surface area contributed by atoms with Gasteiger partial charge in [-0.25, -0.2) is 4.79 Å². The van der Waals surface area contributed by atoms with E-state index in [0.717, 1.165) is 30.6 Å². The van der Waals surface area contributed by atoms with E-state index in [0.29, 0.717) is 13.1 Å². The molecule has 3 heterocycles. The SMILES string of the molecule is COC1NCC2(CCN(C(N)=O)CC2)c2c1[nH]c1ccccc21. The second-order valence-corrected chi connectivity index (χ2v) is 6.56. The Morgan fingerprint density at radius 1 is 1.35 bits per heavy atom. The fourth-order valence-corrected chi connectivity index (χ4v) is 4.19. The summed E-state index contributed by atoms with van der Waals surface area (Å²) in [6.45, 7) is 2.26. The molecule has 0 saturated carbocycles. The van der Waals surface area contributed by atoms with Crippen LogP contribution in [0.25, 0.3) is 10.9 Å². The summed E-state index contributed by atoms with van der Waals surface area (Å²) in [6, 6.07) is 8.07. The van der Waals surface area contributed by atoms with Crippen LogP contribution in [0.4, 0.5) is 4.79 Å². The van der Waals surface area contributed by atoms with Crippen molar-refractivity contribution in [2.45, 2.75) is 24.5 Å². The number of piperidine rings is 1. The number of hydrogen-bond acceptors (Lipinski definition) is 3. The molecule has 0 aliphatic carbocycles. The van der Waals surface area contributed by atoms with Crippen LogP contribution in [0.2, 0.25) is 0 Å². The second-order valence-electron chi connectivity index (χ2n) is 6.56. The molecule has 4 rings (SSSR count). The molecule has 1 saturated heterocycles. The molecule has 2 aliphatic rings. The van der Waals surface area contributed by atoms with Gasteiger partial charge in [0.25, 0.3) is 0 Å². The van der Waals surface area contributed by atoms with Crippen LogP contribution in [-0.4, -0.2) is 42.7 Å². The summed E-state index contributed by atoms with van der Waals surface area (Å²) in [5, 5.41) is 4.76. The zero-order valence-electron chi connectivity index (χ0n) is 13.3. The largest absolute Gasteiger partial charge is 0.361 e. The van der Waals surface area contributed by atoms with Crippen LogP contribution in [0, 0.1) is 0 Å². The van der Waals surface area contributed by atoms with Crippen LogP contribution in [0.5, 0.6) is 0 Å². The molecule has 1 atom stereocenters. The molecule has 122 valence electrons. The van der Waals surface area contributed by atoms with Crippen LogP contribution in [0.3, 0.4) is 0 Å². The number of amides is 2. The monoisotopic (exact) mass is 314 g/mol. The molecule has 1 fully saturated rings. The summed E-state index contributed by atoms with van der Waals surface area (Å²) in [7, 11) is 1.72. The van der Waals surface area contributed by atoms with E-state index in [-0.39, 0.29) is 17.7 Å². The number of nitrogens with zero attached hydrogens (tertiary/aromatic N) is 1. The van der Waals surface area contributed by atoms with Gasteiger partial charge in [0.2, 0.25) is 0 Å². The number of likely N-dealkylation sites (tertiary alicyclic amines) is 1. The number of primary amides is 1. The quantitative estimate of drug-likeness (QED) is 0.751. The number of carbonyl (C=O) groups excluding carboxylic acids is 1. The van der Waals surface area contributed by atoms with Gasteiger partial charge in [-0.05, 0) is 24.5 Å². The van der Waals surface area contributed by atoms with E-state index in [1.807, 2.05) is 6.07 Å². The molecular weight excluding hydrogens is 292 g/mol. The average Bonchev–Trinajstić information content (AvgIpc) is 2.96. The summed E-state index contributed by atoms with van der Waals surface area (Å²) >= 11 is 0. The van der Waals surface area contributed by atoms with E-state index in [2.05, 4.69) is 28.5 Å². The van der Waals surface area contributed by atoms with E-state index in [1.165, 1.54) is 10.9 Å².